The molecule has 186 valence electrons. The molecule has 0 bridgehead atoms. The van der Waals surface area contributed by atoms with Gasteiger partial charge in [0.25, 0.3) is 0 Å². The minimum Gasteiger partial charge on any atom is -0.504 e. The maximum atomic E-state index is 12.9. The minimum atomic E-state index is -1.94. The molecule has 2 heterocycles. The van der Waals surface area contributed by atoms with Gasteiger partial charge in [-0.25, -0.2) is 4.79 Å². The highest BCUT2D eigenvalue weighted by Crippen LogP contribution is 2.51. The molecule has 0 unspecified atom stereocenters. The number of phenolic OH excluding ortho intramolecular Hbond substituents is 1. The van der Waals surface area contributed by atoms with E-state index in [1.807, 2.05) is 0 Å². The van der Waals surface area contributed by atoms with Crippen molar-refractivity contribution in [2.45, 2.75) is 30.7 Å². The molecule has 12 heteroatoms. The van der Waals surface area contributed by atoms with Crippen molar-refractivity contribution < 1.29 is 53.7 Å². The van der Waals surface area contributed by atoms with Crippen molar-refractivity contribution in [3.8, 4) is 34.3 Å². The number of hydrogen-bond acceptors (Lipinski definition) is 11. The fraction of sp³-hybridized carbons (Fsp3) is 0.304. The summed E-state index contributed by atoms with van der Waals surface area (Å²) in [6.45, 7) is 0. The highest BCUT2D eigenvalue weighted by Gasteiger charge is 2.48. The molecule has 1 aromatic heterocycles. The summed E-state index contributed by atoms with van der Waals surface area (Å²) in [5.74, 6) is -3.20. The summed E-state index contributed by atoms with van der Waals surface area (Å²) in [4.78, 5) is 24.3. The predicted molar refractivity (Wildman–Crippen MR) is 118 cm³/mol. The highest BCUT2D eigenvalue weighted by molar-refractivity contribution is 5.95. The molecule has 3 aromatic rings. The molecular formula is C23H22O12. The highest BCUT2D eigenvalue weighted by atomic mass is 16.7. The number of aliphatic carboxylic acids is 1. The molecular weight excluding hydrogens is 468 g/mol. The first kappa shape index (κ1) is 24.3. The quantitative estimate of drug-likeness (QED) is 0.322. The van der Waals surface area contributed by atoms with Crippen LogP contribution in [-0.2, 0) is 9.53 Å². The maximum absolute atomic E-state index is 12.9. The Bertz CT molecular complexity index is 1300. The largest absolute Gasteiger partial charge is 0.504 e. The molecule has 12 nitrogen and oxygen atoms in total. The van der Waals surface area contributed by atoms with Crippen molar-refractivity contribution in [3.05, 3.63) is 46.6 Å². The summed E-state index contributed by atoms with van der Waals surface area (Å²) in [5, 5.41) is 50.2. The molecule has 1 fully saturated rings. The second-order valence-corrected chi connectivity index (χ2v) is 7.64. The lowest BCUT2D eigenvalue weighted by molar-refractivity contribution is -0.271. The van der Waals surface area contributed by atoms with Gasteiger partial charge in [0.05, 0.1) is 14.2 Å². The Hall–Kier alpha value is -3.84. The van der Waals surface area contributed by atoms with E-state index in [0.717, 1.165) is 7.11 Å². The number of carboxylic acids is 1. The molecule has 1 saturated heterocycles. The second kappa shape index (κ2) is 9.43. The molecule has 0 aliphatic carbocycles. The van der Waals surface area contributed by atoms with Crippen LogP contribution in [0.2, 0.25) is 0 Å². The van der Waals surface area contributed by atoms with Gasteiger partial charge in [0.2, 0.25) is 23.5 Å². The number of fused-ring (bicyclic) bond motifs is 1. The first-order valence-electron chi connectivity index (χ1n) is 10.3. The van der Waals surface area contributed by atoms with Crippen LogP contribution in [0.1, 0.15) is 0 Å². The second-order valence-electron chi connectivity index (χ2n) is 7.64. The van der Waals surface area contributed by atoms with Crippen molar-refractivity contribution in [3.63, 3.8) is 0 Å². The van der Waals surface area contributed by atoms with Gasteiger partial charge >= 0.3 is 5.97 Å². The first-order chi connectivity index (χ1) is 16.7. The van der Waals surface area contributed by atoms with Crippen molar-refractivity contribution in [2.75, 3.05) is 14.2 Å². The molecule has 2 aromatic carbocycles. The average molecular weight is 490 g/mol. The van der Waals surface area contributed by atoms with E-state index in [1.165, 1.54) is 13.2 Å². The van der Waals surface area contributed by atoms with Gasteiger partial charge in [-0.3, -0.25) is 4.79 Å². The van der Waals surface area contributed by atoms with E-state index in [2.05, 4.69) is 0 Å². The van der Waals surface area contributed by atoms with Crippen molar-refractivity contribution in [1.82, 2.24) is 0 Å². The Labute approximate surface area is 197 Å². The molecule has 1 aliphatic rings. The number of hydrogen-bond donors (Lipinski definition) is 5. The zero-order valence-electron chi connectivity index (χ0n) is 18.4. The lowest BCUT2D eigenvalue weighted by Gasteiger charge is -2.38. The normalized spacial score (nSPS) is 24.2. The van der Waals surface area contributed by atoms with Gasteiger partial charge in [0.1, 0.15) is 29.5 Å². The van der Waals surface area contributed by atoms with Crippen LogP contribution in [0.15, 0.2) is 45.6 Å². The number of ether oxygens (including phenoxy) is 4. The smallest absolute Gasteiger partial charge is 0.335 e. The van der Waals surface area contributed by atoms with Gasteiger partial charge in [0.15, 0.2) is 22.9 Å². The number of carboxylic acid groups (broad SMARTS) is 1. The van der Waals surface area contributed by atoms with Gasteiger partial charge in [-0.05, 0) is 0 Å². The van der Waals surface area contributed by atoms with E-state index in [0.29, 0.717) is 5.56 Å². The first-order valence-corrected chi connectivity index (χ1v) is 10.3. The standard InChI is InChI=1S/C23H22O12/c1-31-18-13(25)12-10(24)8-11(9-6-4-3-5-7-9)33-17(12)20(32-2)21(18)35-23-16(28)14(26)15(27)19(34-23)22(29)30/h3-8,14-16,19,23,25-28H,1-2H3,(H,29,30)/t14-,15-,16+,19-,23-/m0/s1. The molecule has 0 spiro atoms. The van der Waals surface area contributed by atoms with Crippen LogP contribution in [0.4, 0.5) is 0 Å². The van der Waals surface area contributed by atoms with Crippen LogP contribution in [0.25, 0.3) is 22.3 Å². The number of aliphatic hydroxyl groups is 3. The van der Waals surface area contributed by atoms with E-state index >= 15 is 0 Å². The van der Waals surface area contributed by atoms with Crippen LogP contribution in [0, 0.1) is 0 Å². The third-order valence-corrected chi connectivity index (χ3v) is 5.53. The Balaban J connectivity index is 1.90. The van der Waals surface area contributed by atoms with Crippen LogP contribution in [0.3, 0.4) is 0 Å². The van der Waals surface area contributed by atoms with E-state index in [9.17, 15) is 35.1 Å². The number of benzene rings is 2. The zero-order valence-corrected chi connectivity index (χ0v) is 18.4. The van der Waals surface area contributed by atoms with Crippen LogP contribution in [-0.4, -0.2) is 76.4 Å². The Morgan fingerprint density at radius 3 is 2.20 bits per heavy atom. The third kappa shape index (κ3) is 4.12. The molecule has 0 amide bonds. The summed E-state index contributed by atoms with van der Waals surface area (Å²) in [6.07, 6.45) is -9.58. The van der Waals surface area contributed by atoms with Crippen LogP contribution >= 0.6 is 0 Å². The van der Waals surface area contributed by atoms with Gasteiger partial charge < -0.3 is 48.9 Å². The molecule has 5 atom stereocenters. The number of rotatable bonds is 6. The van der Waals surface area contributed by atoms with E-state index < -0.39 is 59.4 Å². The van der Waals surface area contributed by atoms with Gasteiger partial charge in [-0.1, -0.05) is 30.3 Å². The zero-order chi connectivity index (χ0) is 25.4. The number of carbonyl (C=O) groups is 1. The van der Waals surface area contributed by atoms with Gasteiger partial charge in [-0.15, -0.1) is 0 Å². The van der Waals surface area contributed by atoms with Crippen molar-refractivity contribution >= 4 is 16.9 Å². The molecule has 0 saturated carbocycles. The summed E-state index contributed by atoms with van der Waals surface area (Å²) in [7, 11) is 2.37. The maximum Gasteiger partial charge on any atom is 0.335 e. The fourth-order valence-corrected chi connectivity index (χ4v) is 3.80. The van der Waals surface area contributed by atoms with Gasteiger partial charge in [-0.2, -0.15) is 0 Å². The lowest BCUT2D eigenvalue weighted by atomic mass is 9.99. The number of aromatic hydroxyl groups is 1. The van der Waals surface area contributed by atoms with E-state index in [4.69, 9.17) is 23.4 Å². The number of phenols is 1. The van der Waals surface area contributed by atoms with E-state index in [1.54, 1.807) is 30.3 Å². The monoisotopic (exact) mass is 490 g/mol. The number of aliphatic hydroxyl groups excluding tert-OH is 3. The van der Waals surface area contributed by atoms with Crippen molar-refractivity contribution in [1.29, 1.82) is 0 Å². The molecule has 1 aliphatic heterocycles. The topological polar surface area (TPSA) is 185 Å². The Morgan fingerprint density at radius 1 is 0.943 bits per heavy atom. The third-order valence-electron chi connectivity index (χ3n) is 5.53. The molecule has 35 heavy (non-hydrogen) atoms. The van der Waals surface area contributed by atoms with E-state index in [-0.39, 0.29) is 22.5 Å². The summed E-state index contributed by atoms with van der Waals surface area (Å²) < 4.78 is 27.2. The minimum absolute atomic E-state index is 0.148. The molecule has 4 rings (SSSR count). The summed E-state index contributed by atoms with van der Waals surface area (Å²) >= 11 is 0. The molecule has 5 N–H and O–H groups in total. The fourth-order valence-electron chi connectivity index (χ4n) is 3.80. The summed E-state index contributed by atoms with van der Waals surface area (Å²) in [6, 6.07) is 9.82. The number of methoxy groups -OCH3 is 2. The molecule has 0 radical (unpaired) electrons. The van der Waals surface area contributed by atoms with Crippen molar-refractivity contribution in [2.24, 2.45) is 0 Å². The predicted octanol–water partition coefficient (Wildman–Crippen LogP) is 0.454. The van der Waals surface area contributed by atoms with Crippen LogP contribution < -0.4 is 19.6 Å². The average Bonchev–Trinajstić information content (AvgIpc) is 2.84. The SMILES string of the molecule is COc1c(O[C@@H]2O[C@H](C(=O)O)[C@@H](O)[C@H](O)[C@H]2O)c(OC)c2oc(-c3ccccc3)cc(=O)c2c1O. The Kier molecular flexibility index (Phi) is 6.54. The van der Waals surface area contributed by atoms with Crippen LogP contribution in [0.5, 0.6) is 23.0 Å². The lowest BCUT2D eigenvalue weighted by Crippen LogP contribution is -2.61. The summed E-state index contributed by atoms with van der Waals surface area (Å²) in [5.41, 5.74) is -0.296. The Morgan fingerprint density at radius 2 is 1.60 bits per heavy atom. The van der Waals surface area contributed by atoms with Gasteiger partial charge in [0, 0.05) is 11.6 Å².